The van der Waals surface area contributed by atoms with Crippen LogP contribution < -0.4 is 10.1 Å². The van der Waals surface area contributed by atoms with Gasteiger partial charge >= 0.3 is 0 Å². The van der Waals surface area contributed by atoms with Crippen molar-refractivity contribution < 1.29 is 14.3 Å². The van der Waals surface area contributed by atoms with E-state index in [2.05, 4.69) is 22.4 Å². The third-order valence-electron chi connectivity index (χ3n) is 5.95. The maximum absolute atomic E-state index is 13.2. The van der Waals surface area contributed by atoms with E-state index in [-0.39, 0.29) is 24.2 Å². The summed E-state index contributed by atoms with van der Waals surface area (Å²) in [4.78, 5) is 31.9. The molecular formula is C25H28N4O3. The third-order valence-corrected chi connectivity index (χ3v) is 5.95. The van der Waals surface area contributed by atoms with Crippen LogP contribution in [0.2, 0.25) is 0 Å². The number of likely N-dealkylation sites (tertiary alicyclic amines) is 1. The summed E-state index contributed by atoms with van der Waals surface area (Å²) in [5.41, 5.74) is 2.08. The fraction of sp³-hybridized carbons (Fsp3) is 0.320. The van der Waals surface area contributed by atoms with Crippen molar-refractivity contribution in [1.82, 2.24) is 19.8 Å². The number of hydrogen-bond donors (Lipinski definition) is 1. The van der Waals surface area contributed by atoms with E-state index in [1.807, 2.05) is 60.3 Å². The lowest BCUT2D eigenvalue weighted by Crippen LogP contribution is -2.37. The van der Waals surface area contributed by atoms with E-state index in [1.165, 1.54) is 5.56 Å². The Morgan fingerprint density at radius 3 is 2.59 bits per heavy atom. The van der Waals surface area contributed by atoms with Gasteiger partial charge in [0.2, 0.25) is 11.8 Å². The summed E-state index contributed by atoms with van der Waals surface area (Å²) >= 11 is 0. The molecule has 0 saturated carbocycles. The number of benzene rings is 2. The summed E-state index contributed by atoms with van der Waals surface area (Å²) in [6.07, 6.45) is 4.57. The van der Waals surface area contributed by atoms with Gasteiger partial charge in [-0.3, -0.25) is 9.59 Å². The van der Waals surface area contributed by atoms with E-state index >= 15 is 0 Å². The number of methoxy groups -OCH3 is 1. The Labute approximate surface area is 188 Å². The van der Waals surface area contributed by atoms with Gasteiger partial charge in [0.1, 0.15) is 17.6 Å². The Morgan fingerprint density at radius 2 is 1.94 bits per heavy atom. The van der Waals surface area contributed by atoms with Gasteiger partial charge in [0.05, 0.1) is 13.0 Å². The molecule has 1 saturated heterocycles. The molecule has 32 heavy (non-hydrogen) atoms. The minimum Gasteiger partial charge on any atom is -0.497 e. The van der Waals surface area contributed by atoms with Crippen LogP contribution in [0, 0.1) is 5.92 Å². The molecule has 3 aromatic rings. The normalized spacial score (nSPS) is 16.8. The molecule has 1 N–H and O–H groups in total. The monoisotopic (exact) mass is 432 g/mol. The summed E-state index contributed by atoms with van der Waals surface area (Å²) in [5, 5.41) is 3.13. The average Bonchev–Trinajstić information content (AvgIpc) is 3.42. The third kappa shape index (κ3) is 4.82. The van der Waals surface area contributed by atoms with E-state index in [1.54, 1.807) is 18.2 Å². The van der Waals surface area contributed by atoms with Crippen LogP contribution in [0.5, 0.6) is 5.75 Å². The molecule has 0 spiro atoms. The highest BCUT2D eigenvalue weighted by Crippen LogP contribution is 2.25. The molecule has 4 rings (SSSR count). The van der Waals surface area contributed by atoms with Crippen molar-refractivity contribution in [3.8, 4) is 5.75 Å². The highest BCUT2D eigenvalue weighted by atomic mass is 16.5. The lowest BCUT2D eigenvalue weighted by atomic mass is 10.0. The van der Waals surface area contributed by atoms with E-state index < -0.39 is 6.04 Å². The molecule has 2 aromatic carbocycles. The first kappa shape index (κ1) is 21.6. The second-order valence-electron chi connectivity index (χ2n) is 8.09. The topological polar surface area (TPSA) is 76.5 Å². The van der Waals surface area contributed by atoms with Gasteiger partial charge in [-0.2, -0.15) is 0 Å². The highest BCUT2D eigenvalue weighted by molar-refractivity contribution is 5.89. The summed E-state index contributed by atoms with van der Waals surface area (Å²) in [5.74, 6) is 0.991. The Hall–Kier alpha value is -3.61. The number of rotatable bonds is 8. The van der Waals surface area contributed by atoms with E-state index in [0.29, 0.717) is 13.1 Å². The number of imidazole rings is 1. The first-order valence-electron chi connectivity index (χ1n) is 10.8. The smallest absolute Gasteiger partial charge is 0.226 e. The van der Waals surface area contributed by atoms with Gasteiger partial charge in [-0.25, -0.2) is 4.98 Å². The van der Waals surface area contributed by atoms with Crippen molar-refractivity contribution in [1.29, 1.82) is 0 Å². The Balaban J connectivity index is 1.45. The number of amides is 2. The van der Waals surface area contributed by atoms with Gasteiger partial charge in [0.15, 0.2) is 0 Å². The summed E-state index contributed by atoms with van der Waals surface area (Å²) in [6.45, 7) is 1.06. The fourth-order valence-corrected chi connectivity index (χ4v) is 4.08. The van der Waals surface area contributed by atoms with Gasteiger partial charge in [-0.05, 0) is 29.7 Å². The molecule has 2 heterocycles. The highest BCUT2D eigenvalue weighted by Gasteiger charge is 2.35. The first-order chi connectivity index (χ1) is 15.5. The number of nitrogens with one attached hydrogen (secondary N) is 1. The largest absolute Gasteiger partial charge is 0.497 e. The molecule has 0 radical (unpaired) electrons. The molecule has 2 amide bonds. The van der Waals surface area contributed by atoms with Crippen molar-refractivity contribution in [2.45, 2.75) is 18.9 Å². The first-order valence-corrected chi connectivity index (χ1v) is 10.8. The van der Waals surface area contributed by atoms with Crippen LogP contribution >= 0.6 is 0 Å². The Morgan fingerprint density at radius 1 is 1.19 bits per heavy atom. The number of nitrogens with zero attached hydrogens (tertiary/aromatic N) is 3. The predicted molar refractivity (Wildman–Crippen MR) is 121 cm³/mol. The molecule has 7 nitrogen and oxygen atoms in total. The van der Waals surface area contributed by atoms with Crippen molar-refractivity contribution in [3.05, 3.63) is 83.9 Å². The van der Waals surface area contributed by atoms with E-state index in [9.17, 15) is 9.59 Å². The number of aromatic nitrogens is 2. The molecule has 166 valence electrons. The molecule has 2 atom stereocenters. The van der Waals surface area contributed by atoms with Crippen molar-refractivity contribution in [2.24, 2.45) is 13.0 Å². The van der Waals surface area contributed by atoms with Crippen molar-refractivity contribution in [3.63, 3.8) is 0 Å². The zero-order chi connectivity index (χ0) is 22.5. The molecule has 1 aliphatic rings. The summed E-state index contributed by atoms with van der Waals surface area (Å²) < 4.78 is 7.14. The van der Waals surface area contributed by atoms with Crippen LogP contribution in [-0.4, -0.2) is 46.5 Å². The lowest BCUT2D eigenvalue weighted by molar-refractivity contribution is -0.129. The van der Waals surface area contributed by atoms with Gasteiger partial charge in [0, 0.05) is 39.0 Å². The van der Waals surface area contributed by atoms with Crippen LogP contribution in [0.25, 0.3) is 0 Å². The standard InChI is InChI=1S/C25H28N4O3/c1-28-15-13-26-24(28)23(19-8-10-21(32-2)11-9-19)27-25(31)20-16-22(30)29(17-20)14-12-18-6-4-3-5-7-18/h3-11,13,15,20,23H,12,14,16-17H2,1-2H3,(H,27,31). The minimum absolute atomic E-state index is 0.0269. The van der Waals surface area contributed by atoms with Crippen LogP contribution in [-0.2, 0) is 23.1 Å². The number of carbonyl (C=O) groups excluding carboxylic acids is 2. The summed E-state index contributed by atoms with van der Waals surface area (Å²) in [7, 11) is 3.52. The fourth-order valence-electron chi connectivity index (χ4n) is 4.08. The summed E-state index contributed by atoms with van der Waals surface area (Å²) in [6, 6.07) is 17.2. The van der Waals surface area contributed by atoms with E-state index in [0.717, 1.165) is 23.6 Å². The van der Waals surface area contributed by atoms with Crippen LogP contribution in [0.1, 0.15) is 29.4 Å². The SMILES string of the molecule is COc1ccc(C(NC(=O)C2CC(=O)N(CCc3ccccc3)C2)c2nccn2C)cc1. The van der Waals surface area contributed by atoms with Gasteiger partial charge < -0.3 is 19.5 Å². The lowest BCUT2D eigenvalue weighted by Gasteiger charge is -2.22. The number of carbonyl (C=O) groups is 2. The average molecular weight is 433 g/mol. The van der Waals surface area contributed by atoms with Crippen molar-refractivity contribution in [2.75, 3.05) is 20.2 Å². The molecule has 1 aliphatic heterocycles. The van der Waals surface area contributed by atoms with E-state index in [4.69, 9.17) is 4.74 Å². The maximum atomic E-state index is 13.2. The number of hydrogen-bond acceptors (Lipinski definition) is 4. The van der Waals surface area contributed by atoms with Crippen LogP contribution in [0.3, 0.4) is 0 Å². The van der Waals surface area contributed by atoms with Crippen molar-refractivity contribution >= 4 is 11.8 Å². The maximum Gasteiger partial charge on any atom is 0.226 e. The van der Waals surface area contributed by atoms with Gasteiger partial charge in [-0.1, -0.05) is 42.5 Å². The van der Waals surface area contributed by atoms with Crippen LogP contribution in [0.4, 0.5) is 0 Å². The molecular weight excluding hydrogens is 404 g/mol. The second kappa shape index (κ2) is 9.68. The quantitative estimate of drug-likeness (QED) is 0.594. The molecule has 2 unspecified atom stereocenters. The Kier molecular flexibility index (Phi) is 6.54. The Bertz CT molecular complexity index is 1060. The zero-order valence-electron chi connectivity index (χ0n) is 18.4. The van der Waals surface area contributed by atoms with Gasteiger partial charge in [0.25, 0.3) is 0 Å². The molecule has 7 heteroatoms. The van der Waals surface area contributed by atoms with Crippen LogP contribution in [0.15, 0.2) is 67.0 Å². The molecule has 1 aromatic heterocycles. The number of aryl methyl sites for hydroxylation is 1. The number of ether oxygens (including phenoxy) is 1. The molecule has 0 bridgehead atoms. The molecule has 1 fully saturated rings. The second-order valence-corrected chi connectivity index (χ2v) is 8.09. The zero-order valence-corrected chi connectivity index (χ0v) is 18.4. The molecule has 0 aliphatic carbocycles. The minimum atomic E-state index is -0.415. The van der Waals surface area contributed by atoms with Gasteiger partial charge in [-0.15, -0.1) is 0 Å². The predicted octanol–water partition coefficient (Wildman–Crippen LogP) is 2.73.